The molecule has 5 N–H and O–H groups in total. The van der Waals surface area contributed by atoms with Gasteiger partial charge in [-0.05, 0) is 89.5 Å². The number of ether oxygens (including phenoxy) is 5. The first kappa shape index (κ1) is 35.8. The summed E-state index contributed by atoms with van der Waals surface area (Å²) in [4.78, 5) is 35.7. The van der Waals surface area contributed by atoms with Crippen LogP contribution in [-0.2, 0) is 16.1 Å². The third kappa shape index (κ3) is 9.07. The van der Waals surface area contributed by atoms with Gasteiger partial charge in [0.2, 0.25) is 0 Å². The Balaban J connectivity index is 1.38. The zero-order valence-electron chi connectivity index (χ0n) is 26.5. The Bertz CT molecular complexity index is 1710. The highest BCUT2D eigenvalue weighted by Gasteiger charge is 2.32. The molecule has 0 spiro atoms. The van der Waals surface area contributed by atoms with Crippen molar-refractivity contribution in [2.75, 3.05) is 27.4 Å². The molecule has 0 aliphatic carbocycles. The lowest BCUT2D eigenvalue weighted by Crippen LogP contribution is -2.45. The molecule has 0 saturated carbocycles. The maximum Gasteiger partial charge on any atom is 0.337 e. The topological polar surface area (TPSA) is 186 Å². The molecular formula is C33H35IN4O10. The van der Waals surface area contributed by atoms with Gasteiger partial charge in [-0.2, -0.15) is 5.10 Å². The molecule has 1 aliphatic rings. The number of esters is 1. The molecule has 48 heavy (non-hydrogen) atoms. The molecule has 0 saturated heterocycles. The largest absolute Gasteiger partial charge is 0.493 e. The summed E-state index contributed by atoms with van der Waals surface area (Å²) in [5.41, 5.74) is 5.47. The van der Waals surface area contributed by atoms with E-state index in [9.17, 15) is 19.5 Å². The normalized spacial score (nSPS) is 14.9. The number of aliphatic hydroxyl groups is 1. The third-order valence-corrected chi connectivity index (χ3v) is 7.75. The van der Waals surface area contributed by atoms with Crippen LogP contribution in [0, 0.1) is 3.57 Å². The standard InChI is InChI=1S/C33H35IN4O10/c1-5-46-25-14-22(29-28(32(42)45-4)18(2)36-33(43)37-29)10-11-24(25)47-17-27(39)38-35-15-20-12-23(34)30(26(13-20)44-3)48-16-19-6-8-21(9-7-19)31(40)41/h6-15,27,29,38-39H,5,16-17H2,1-4H3,(H,40,41)(H2,36,37,43)/b35-15-/t27-,29-/m0/s1. The molecule has 0 bridgehead atoms. The summed E-state index contributed by atoms with van der Waals surface area (Å²) in [6.45, 7) is 3.75. The van der Waals surface area contributed by atoms with Gasteiger partial charge < -0.3 is 44.5 Å². The van der Waals surface area contributed by atoms with E-state index in [-0.39, 0.29) is 24.4 Å². The molecule has 2 amide bonds. The lowest BCUT2D eigenvalue weighted by Gasteiger charge is -2.28. The summed E-state index contributed by atoms with van der Waals surface area (Å²) in [6.07, 6.45) is 0.316. The van der Waals surface area contributed by atoms with Crippen molar-refractivity contribution in [1.29, 1.82) is 0 Å². The van der Waals surface area contributed by atoms with E-state index < -0.39 is 30.2 Å². The Morgan fingerprint density at radius 1 is 1.04 bits per heavy atom. The smallest absolute Gasteiger partial charge is 0.337 e. The highest BCUT2D eigenvalue weighted by atomic mass is 127. The molecule has 14 nitrogen and oxygen atoms in total. The predicted molar refractivity (Wildman–Crippen MR) is 182 cm³/mol. The zero-order valence-corrected chi connectivity index (χ0v) is 28.7. The second-order valence-corrected chi connectivity index (χ2v) is 11.4. The Hall–Kier alpha value is -5.03. The number of aliphatic hydroxyl groups excluding tert-OH is 1. The average Bonchev–Trinajstić information content (AvgIpc) is 3.06. The number of rotatable bonds is 15. The van der Waals surface area contributed by atoms with Crippen molar-refractivity contribution in [3.8, 4) is 23.0 Å². The summed E-state index contributed by atoms with van der Waals surface area (Å²) in [7, 11) is 2.78. The van der Waals surface area contributed by atoms with Crippen molar-refractivity contribution in [2.45, 2.75) is 32.7 Å². The molecule has 0 aromatic heterocycles. The Labute approximate surface area is 290 Å². The fourth-order valence-corrected chi connectivity index (χ4v) is 5.45. The van der Waals surface area contributed by atoms with Crippen LogP contribution in [0.3, 0.4) is 0 Å². The minimum atomic E-state index is -1.19. The van der Waals surface area contributed by atoms with E-state index in [1.807, 2.05) is 6.07 Å². The molecule has 15 heteroatoms. The number of nitrogens with zero attached hydrogens (tertiary/aromatic N) is 1. The van der Waals surface area contributed by atoms with Crippen LogP contribution in [-0.4, -0.2) is 68.1 Å². The maximum atomic E-state index is 12.5. The van der Waals surface area contributed by atoms with Crippen molar-refractivity contribution >= 4 is 46.8 Å². The number of aromatic carboxylic acids is 1. The molecule has 0 unspecified atom stereocenters. The number of allylic oxidation sites excluding steroid dienone is 1. The first-order valence-electron chi connectivity index (χ1n) is 14.6. The first-order chi connectivity index (χ1) is 23.0. The number of hydrazone groups is 1. The van der Waals surface area contributed by atoms with Crippen molar-refractivity contribution in [3.05, 3.63) is 91.7 Å². The number of benzene rings is 3. The fraction of sp³-hybridized carbons (Fsp3) is 0.273. The molecule has 3 aromatic carbocycles. The number of carboxylic acids is 1. The number of carbonyl (C=O) groups is 3. The maximum absolute atomic E-state index is 12.5. The van der Waals surface area contributed by atoms with Gasteiger partial charge in [-0.15, -0.1) is 0 Å². The number of methoxy groups -OCH3 is 2. The van der Waals surface area contributed by atoms with Crippen molar-refractivity contribution < 1.29 is 48.3 Å². The predicted octanol–water partition coefficient (Wildman–Crippen LogP) is 4.10. The Kier molecular flexibility index (Phi) is 12.5. The van der Waals surface area contributed by atoms with E-state index in [0.29, 0.717) is 46.4 Å². The third-order valence-electron chi connectivity index (χ3n) is 6.95. The quantitative estimate of drug-likeness (QED) is 0.0493. The van der Waals surface area contributed by atoms with Crippen molar-refractivity contribution in [3.63, 3.8) is 0 Å². The number of amides is 2. The molecule has 3 aromatic rings. The lowest BCUT2D eigenvalue weighted by atomic mass is 9.95. The van der Waals surface area contributed by atoms with E-state index in [1.165, 1.54) is 32.6 Å². The molecule has 254 valence electrons. The van der Waals surface area contributed by atoms with E-state index in [4.69, 9.17) is 28.8 Å². The number of nitrogens with one attached hydrogen (secondary N) is 3. The second kappa shape index (κ2) is 16.7. The van der Waals surface area contributed by atoms with Crippen molar-refractivity contribution in [1.82, 2.24) is 16.1 Å². The van der Waals surface area contributed by atoms with Gasteiger partial charge in [-0.25, -0.2) is 14.4 Å². The van der Waals surface area contributed by atoms with Crippen molar-refractivity contribution in [2.24, 2.45) is 5.10 Å². The van der Waals surface area contributed by atoms with Gasteiger partial charge >= 0.3 is 18.0 Å². The van der Waals surface area contributed by atoms with Crippen LogP contribution < -0.4 is 35.0 Å². The van der Waals surface area contributed by atoms with Crippen LogP contribution in [0.5, 0.6) is 23.0 Å². The summed E-state index contributed by atoms with van der Waals surface area (Å²) < 4.78 is 28.7. The van der Waals surface area contributed by atoms with Gasteiger partial charge in [0.15, 0.2) is 29.2 Å². The SMILES string of the molecule is CCOc1cc([C@@H]2NC(=O)NC(C)=C2C(=O)OC)ccc1OC[C@H](O)N/N=C\c1cc(I)c(OCc2ccc(C(=O)O)cc2)c(OC)c1. The van der Waals surface area contributed by atoms with Gasteiger partial charge in [0.1, 0.15) is 13.2 Å². The lowest BCUT2D eigenvalue weighted by molar-refractivity contribution is -0.136. The number of carboxylic acid groups (broad SMARTS) is 1. The number of hydrogen-bond donors (Lipinski definition) is 5. The van der Waals surface area contributed by atoms with Crippen LogP contribution >= 0.6 is 22.6 Å². The number of hydrogen-bond acceptors (Lipinski definition) is 11. The molecular weight excluding hydrogens is 739 g/mol. The molecule has 1 heterocycles. The Morgan fingerprint density at radius 2 is 1.79 bits per heavy atom. The van der Waals surface area contributed by atoms with Gasteiger partial charge in [0.25, 0.3) is 0 Å². The van der Waals surface area contributed by atoms with Crippen LogP contribution in [0.2, 0.25) is 0 Å². The van der Waals surface area contributed by atoms with E-state index >= 15 is 0 Å². The number of carbonyl (C=O) groups excluding carboxylic acids is 2. The molecule has 0 fully saturated rings. The molecule has 1 aliphatic heterocycles. The molecule has 2 atom stereocenters. The first-order valence-corrected chi connectivity index (χ1v) is 15.7. The van der Waals surface area contributed by atoms with Crippen LogP contribution in [0.1, 0.15) is 46.9 Å². The summed E-state index contributed by atoms with van der Waals surface area (Å²) in [5.74, 6) is 0.0842. The van der Waals surface area contributed by atoms with Gasteiger partial charge in [0, 0.05) is 5.70 Å². The van der Waals surface area contributed by atoms with Crippen LogP contribution in [0.15, 0.2) is 71.0 Å². The summed E-state index contributed by atoms with van der Waals surface area (Å²) in [6, 6.07) is 13.7. The fourth-order valence-electron chi connectivity index (χ4n) is 4.67. The van der Waals surface area contributed by atoms with Gasteiger partial charge in [0.05, 0.1) is 47.8 Å². The zero-order chi connectivity index (χ0) is 34.8. The minimum absolute atomic E-state index is 0.186. The van der Waals surface area contributed by atoms with E-state index in [1.54, 1.807) is 50.2 Å². The summed E-state index contributed by atoms with van der Waals surface area (Å²) >= 11 is 2.12. The van der Waals surface area contributed by atoms with Crippen LogP contribution in [0.25, 0.3) is 0 Å². The van der Waals surface area contributed by atoms with Gasteiger partial charge in [-0.1, -0.05) is 18.2 Å². The number of urea groups is 1. The highest BCUT2D eigenvalue weighted by molar-refractivity contribution is 14.1. The molecule has 0 radical (unpaired) electrons. The minimum Gasteiger partial charge on any atom is -0.493 e. The Morgan fingerprint density at radius 3 is 2.46 bits per heavy atom. The average molecular weight is 775 g/mol. The molecule has 4 rings (SSSR count). The van der Waals surface area contributed by atoms with E-state index in [0.717, 1.165) is 9.13 Å². The second-order valence-electron chi connectivity index (χ2n) is 10.2. The van der Waals surface area contributed by atoms with Gasteiger partial charge in [-0.3, -0.25) is 5.43 Å². The number of halogens is 1. The monoisotopic (exact) mass is 774 g/mol. The summed E-state index contributed by atoms with van der Waals surface area (Å²) in [5, 5.41) is 29.0. The van der Waals surface area contributed by atoms with Crippen LogP contribution in [0.4, 0.5) is 4.79 Å². The van der Waals surface area contributed by atoms with E-state index in [2.05, 4.69) is 43.8 Å². The highest BCUT2D eigenvalue weighted by Crippen LogP contribution is 2.36.